The highest BCUT2D eigenvalue weighted by Gasteiger charge is 2.44. The quantitative estimate of drug-likeness (QED) is 0.119. The number of nitrogens with zero attached hydrogens (tertiary/aromatic N) is 2. The fraction of sp³-hybridized carbons (Fsp3) is 0.541. The van der Waals surface area contributed by atoms with E-state index in [1.54, 1.807) is 0 Å². The van der Waals surface area contributed by atoms with Gasteiger partial charge in [0.2, 0.25) is 23.4 Å². The summed E-state index contributed by atoms with van der Waals surface area (Å²) in [5, 5.41) is 17.8. The van der Waals surface area contributed by atoms with Crippen molar-refractivity contribution in [3.8, 4) is 0 Å². The van der Waals surface area contributed by atoms with Crippen molar-refractivity contribution < 1.29 is 33.5 Å². The minimum Gasteiger partial charge on any atom is -0.479 e. The van der Waals surface area contributed by atoms with E-state index >= 15 is 0 Å². The number of piperidine rings is 1. The van der Waals surface area contributed by atoms with Crippen molar-refractivity contribution in [1.82, 2.24) is 25.8 Å². The van der Waals surface area contributed by atoms with Crippen molar-refractivity contribution in [2.24, 2.45) is 17.4 Å². The minimum absolute atomic E-state index is 0.0312. The van der Waals surface area contributed by atoms with Crippen LogP contribution in [0.15, 0.2) is 60.7 Å². The molecule has 2 aromatic carbocycles. The molecule has 0 bridgehead atoms. The van der Waals surface area contributed by atoms with Gasteiger partial charge >= 0.3 is 12.0 Å². The number of likely N-dealkylation sites (tertiary alicyclic amines) is 1. The van der Waals surface area contributed by atoms with Gasteiger partial charge in [-0.2, -0.15) is 0 Å². The molecular formula is C37H54FN7O6. The molecular weight excluding hydrogens is 657 g/mol. The van der Waals surface area contributed by atoms with Gasteiger partial charge in [0, 0.05) is 52.0 Å². The van der Waals surface area contributed by atoms with E-state index in [1.165, 1.54) is 9.80 Å². The van der Waals surface area contributed by atoms with E-state index in [4.69, 9.17) is 11.5 Å². The molecule has 0 aromatic heterocycles. The number of alkyl halides is 1. The Hall–Kier alpha value is -4.56. The lowest BCUT2D eigenvalue weighted by molar-refractivity contribution is -0.156. The molecule has 280 valence electrons. The number of hydrogen-bond acceptors (Lipinski definition) is 7. The number of hydrogen-bond donors (Lipinski definition) is 6. The monoisotopic (exact) mass is 711 g/mol. The van der Waals surface area contributed by atoms with E-state index in [1.807, 2.05) is 74.5 Å². The first-order chi connectivity index (χ1) is 24.4. The third-order valence-electron chi connectivity index (χ3n) is 8.95. The molecule has 2 aromatic rings. The molecule has 3 rings (SSSR count). The van der Waals surface area contributed by atoms with Crippen molar-refractivity contribution >= 4 is 29.7 Å². The number of carboxylic acid groups (broad SMARTS) is 1. The number of rotatable bonds is 19. The Morgan fingerprint density at radius 2 is 1.39 bits per heavy atom. The second-order valence-electron chi connectivity index (χ2n) is 13.5. The van der Waals surface area contributed by atoms with Gasteiger partial charge in [-0.05, 0) is 49.3 Å². The number of aliphatic carboxylic acids is 1. The topological polar surface area (TPSA) is 200 Å². The summed E-state index contributed by atoms with van der Waals surface area (Å²) in [5.41, 5.74) is 10.8. The first kappa shape index (κ1) is 40.9. The molecule has 0 aliphatic carbocycles. The Bertz CT molecular complexity index is 1420. The Kier molecular flexibility index (Phi) is 16.3. The van der Waals surface area contributed by atoms with Gasteiger partial charge in [-0.15, -0.1) is 0 Å². The normalized spacial score (nSPS) is 15.7. The lowest BCUT2D eigenvalue weighted by atomic mass is 9.93. The minimum atomic E-state index is -2.41. The third-order valence-corrected chi connectivity index (χ3v) is 8.95. The summed E-state index contributed by atoms with van der Waals surface area (Å²) in [6, 6.07) is 15.0. The van der Waals surface area contributed by atoms with Gasteiger partial charge in [0.1, 0.15) is 18.1 Å². The summed E-state index contributed by atoms with van der Waals surface area (Å²) < 4.78 is 14.7. The first-order valence-corrected chi connectivity index (χ1v) is 17.7. The van der Waals surface area contributed by atoms with E-state index in [0.717, 1.165) is 11.1 Å². The molecule has 0 unspecified atom stereocenters. The molecule has 3 atom stereocenters. The van der Waals surface area contributed by atoms with Crippen LogP contribution in [0.2, 0.25) is 0 Å². The molecule has 0 saturated carbocycles. The SMILES string of the molecule is CC(C)C[C@@H](NC(=O)[C@@H](Cc1ccccc1)NC(=O)N(CCN)Cc1ccccc1)C(=O)N[C@H](CCCCN)C(=O)N1CCC(F)(C(=O)O)CC1. The molecule has 0 radical (unpaired) electrons. The molecule has 1 saturated heterocycles. The summed E-state index contributed by atoms with van der Waals surface area (Å²) in [4.78, 5) is 69.4. The van der Waals surface area contributed by atoms with Crippen molar-refractivity contribution in [3.05, 3.63) is 71.8 Å². The molecule has 8 N–H and O–H groups in total. The van der Waals surface area contributed by atoms with Crippen LogP contribution in [-0.4, -0.2) is 101 Å². The van der Waals surface area contributed by atoms with Gasteiger partial charge in [-0.1, -0.05) is 74.5 Å². The average Bonchev–Trinajstić information content (AvgIpc) is 3.11. The van der Waals surface area contributed by atoms with Crippen molar-refractivity contribution in [2.75, 3.05) is 32.7 Å². The fourth-order valence-corrected chi connectivity index (χ4v) is 6.02. The Morgan fingerprint density at radius 3 is 1.94 bits per heavy atom. The Balaban J connectivity index is 1.80. The van der Waals surface area contributed by atoms with E-state index in [-0.39, 0.29) is 70.7 Å². The maximum Gasteiger partial charge on any atom is 0.341 e. The van der Waals surface area contributed by atoms with Crippen LogP contribution in [0.25, 0.3) is 0 Å². The van der Waals surface area contributed by atoms with Crippen LogP contribution in [0.3, 0.4) is 0 Å². The van der Waals surface area contributed by atoms with E-state index in [9.17, 15) is 33.5 Å². The number of carbonyl (C=O) groups is 5. The van der Waals surface area contributed by atoms with Crippen LogP contribution >= 0.6 is 0 Å². The number of nitrogens with one attached hydrogen (secondary N) is 3. The summed E-state index contributed by atoms with van der Waals surface area (Å²) in [5.74, 6) is -3.19. The lowest BCUT2D eigenvalue weighted by Crippen LogP contribution is -2.59. The number of halogens is 1. The highest BCUT2D eigenvalue weighted by Crippen LogP contribution is 2.27. The maximum atomic E-state index is 14.7. The summed E-state index contributed by atoms with van der Waals surface area (Å²) in [6.45, 7) is 4.70. The molecule has 1 heterocycles. The molecule has 13 nitrogen and oxygen atoms in total. The highest BCUT2D eigenvalue weighted by atomic mass is 19.1. The van der Waals surface area contributed by atoms with Gasteiger partial charge in [0.15, 0.2) is 0 Å². The number of urea groups is 1. The number of benzene rings is 2. The maximum absolute atomic E-state index is 14.7. The van der Waals surface area contributed by atoms with Crippen LogP contribution in [0.1, 0.15) is 63.5 Å². The van der Waals surface area contributed by atoms with Crippen molar-refractivity contribution in [3.63, 3.8) is 0 Å². The summed E-state index contributed by atoms with van der Waals surface area (Å²) >= 11 is 0. The van der Waals surface area contributed by atoms with Gasteiger partial charge in [-0.3, -0.25) is 14.4 Å². The van der Waals surface area contributed by atoms with Crippen molar-refractivity contribution in [1.29, 1.82) is 0 Å². The Morgan fingerprint density at radius 1 is 0.824 bits per heavy atom. The predicted octanol–water partition coefficient (Wildman–Crippen LogP) is 2.33. The van der Waals surface area contributed by atoms with E-state index < -0.39 is 53.5 Å². The average molecular weight is 712 g/mol. The van der Waals surface area contributed by atoms with Gasteiger partial charge in [0.05, 0.1) is 0 Å². The molecule has 1 aliphatic rings. The number of nitrogens with two attached hydrogens (primary N) is 2. The van der Waals surface area contributed by atoms with E-state index in [0.29, 0.717) is 19.4 Å². The second kappa shape index (κ2) is 20.3. The van der Waals surface area contributed by atoms with Crippen molar-refractivity contribution in [2.45, 2.75) is 89.1 Å². The number of carboxylic acids is 1. The first-order valence-electron chi connectivity index (χ1n) is 17.7. The van der Waals surface area contributed by atoms with Crippen LogP contribution in [0, 0.1) is 5.92 Å². The fourth-order valence-electron chi connectivity index (χ4n) is 6.02. The number of unbranched alkanes of at least 4 members (excludes halogenated alkanes) is 1. The summed E-state index contributed by atoms with van der Waals surface area (Å²) in [6.07, 6.45) is 1.07. The lowest BCUT2D eigenvalue weighted by Gasteiger charge is -2.36. The third kappa shape index (κ3) is 12.9. The second-order valence-corrected chi connectivity index (χ2v) is 13.5. The van der Waals surface area contributed by atoms with Gasteiger partial charge in [-0.25, -0.2) is 14.0 Å². The largest absolute Gasteiger partial charge is 0.479 e. The zero-order valence-electron chi connectivity index (χ0n) is 29.7. The molecule has 14 heteroatoms. The molecule has 5 amide bonds. The van der Waals surface area contributed by atoms with E-state index in [2.05, 4.69) is 16.0 Å². The van der Waals surface area contributed by atoms with Crippen LogP contribution < -0.4 is 27.4 Å². The number of carbonyl (C=O) groups excluding carboxylic acids is 4. The van der Waals surface area contributed by atoms with Gasteiger partial charge < -0.3 is 42.3 Å². The molecule has 51 heavy (non-hydrogen) atoms. The number of amides is 5. The van der Waals surface area contributed by atoms with Crippen LogP contribution in [0.4, 0.5) is 9.18 Å². The highest BCUT2D eigenvalue weighted by molar-refractivity contribution is 5.94. The summed E-state index contributed by atoms with van der Waals surface area (Å²) in [7, 11) is 0. The molecule has 1 aliphatic heterocycles. The zero-order chi connectivity index (χ0) is 37.4. The predicted molar refractivity (Wildman–Crippen MR) is 192 cm³/mol. The van der Waals surface area contributed by atoms with Crippen LogP contribution in [0.5, 0.6) is 0 Å². The van der Waals surface area contributed by atoms with Crippen LogP contribution in [-0.2, 0) is 32.1 Å². The molecule has 0 spiro atoms. The smallest absolute Gasteiger partial charge is 0.341 e. The standard InChI is InChI=1S/C37H54FN7O6/c1-26(2)23-30(32(46)41-29(15-9-10-18-39)34(48)44-20-16-37(38,17-21-44)35(49)50)42-33(47)31(24-27-11-5-3-6-12-27)43-36(51)45(22-19-40)25-28-13-7-4-8-14-28/h3-8,11-14,26,29-31H,9-10,15-25,39-40H2,1-2H3,(H,41,46)(H,42,47)(H,43,51)(H,49,50)/t29-,30-,31-/m1/s1. The Labute approximate surface area is 299 Å². The zero-order valence-corrected chi connectivity index (χ0v) is 29.7. The van der Waals surface area contributed by atoms with Gasteiger partial charge in [0.25, 0.3) is 0 Å². The molecule has 1 fully saturated rings.